The van der Waals surface area contributed by atoms with E-state index in [2.05, 4.69) is 25.3 Å². The normalized spacial score (nSPS) is 29.9. The molecule has 0 spiro atoms. The lowest BCUT2D eigenvalue weighted by atomic mass is 9.77. The average molecular weight is 562 g/mol. The number of hydrogen-bond donors (Lipinski definition) is 5. The molecule has 2 saturated carbocycles. The highest BCUT2D eigenvalue weighted by atomic mass is 19.4. The van der Waals surface area contributed by atoms with Gasteiger partial charge >= 0.3 is 6.36 Å². The molecule has 6 rings (SSSR count). The van der Waals surface area contributed by atoms with Crippen LogP contribution in [0.3, 0.4) is 0 Å². The van der Waals surface area contributed by atoms with Crippen molar-refractivity contribution in [1.29, 1.82) is 0 Å². The molecular weight excluding hydrogens is 527 g/mol. The first-order valence-electron chi connectivity index (χ1n) is 13.6. The summed E-state index contributed by atoms with van der Waals surface area (Å²) in [4.78, 5) is 10.3. The van der Waals surface area contributed by atoms with Crippen LogP contribution in [0.1, 0.15) is 38.1 Å². The maximum Gasteiger partial charge on any atom is 0.573 e. The minimum Gasteiger partial charge on any atom is -0.406 e. The molecule has 0 radical (unpaired) electrons. The molecule has 5 atom stereocenters. The van der Waals surface area contributed by atoms with Gasteiger partial charge in [0.15, 0.2) is 0 Å². The van der Waals surface area contributed by atoms with Gasteiger partial charge in [-0.2, -0.15) is 0 Å². The molecule has 0 bridgehead atoms. The Balaban J connectivity index is 0.954. The Kier molecular flexibility index (Phi) is 6.91. The Morgan fingerprint density at radius 1 is 1.12 bits per heavy atom. The molecule has 0 saturated heterocycles. The number of aliphatic hydroxyl groups excluding tert-OH is 2. The third kappa shape index (κ3) is 5.13. The first kappa shape index (κ1) is 26.9. The summed E-state index contributed by atoms with van der Waals surface area (Å²) in [6.07, 6.45) is 1.35. The summed E-state index contributed by atoms with van der Waals surface area (Å²) in [6, 6.07) is 6.27. The molecular formula is C27H34F3N7O3. The molecule has 1 aromatic carbocycles. The molecule has 3 heterocycles. The molecule has 40 heavy (non-hydrogen) atoms. The number of anilines is 3. The summed E-state index contributed by atoms with van der Waals surface area (Å²) >= 11 is 0. The zero-order valence-electron chi connectivity index (χ0n) is 22.1. The second-order valence-electron chi connectivity index (χ2n) is 11.3. The highest BCUT2D eigenvalue weighted by molar-refractivity contribution is 5.86. The van der Waals surface area contributed by atoms with E-state index >= 15 is 0 Å². The van der Waals surface area contributed by atoms with Crippen molar-refractivity contribution in [3.05, 3.63) is 36.8 Å². The van der Waals surface area contributed by atoms with E-state index in [0.29, 0.717) is 42.1 Å². The van der Waals surface area contributed by atoms with Crippen molar-refractivity contribution in [3.63, 3.8) is 0 Å². The fraction of sp³-hybridized carbons (Fsp3) is 0.556. The standard InChI is InChI=1S/C27H34F3N7O3/c1-36-20-11-17(40-27(28,29)30)3-4-19(20)35-22(36)5-2-14-8-16(9-14)32-12-15-10-21(24(39)23(15)38)37-7-6-18-25(31)33-13-34-26(18)37/h3-4,6-7,11,13-16,21-24,32,35,38-39H,2,5,8-10,12H2,1H3,(H2,31,33,34)/t14?,15-,16?,21-,22?,23-,24+/m1/s1. The van der Waals surface area contributed by atoms with E-state index in [1.54, 1.807) is 6.07 Å². The van der Waals surface area contributed by atoms with Crippen molar-refractivity contribution in [2.24, 2.45) is 11.8 Å². The second-order valence-corrected chi connectivity index (χ2v) is 11.3. The van der Waals surface area contributed by atoms with E-state index in [-0.39, 0.29) is 23.9 Å². The summed E-state index contributed by atoms with van der Waals surface area (Å²) < 4.78 is 43.7. The molecule has 0 amide bonds. The van der Waals surface area contributed by atoms with Crippen molar-refractivity contribution in [2.45, 2.75) is 68.9 Å². The first-order valence-corrected chi connectivity index (χ1v) is 13.6. The second kappa shape index (κ2) is 10.3. The van der Waals surface area contributed by atoms with Gasteiger partial charge < -0.3 is 40.8 Å². The summed E-state index contributed by atoms with van der Waals surface area (Å²) in [5.74, 6) is 0.639. The van der Waals surface area contributed by atoms with Gasteiger partial charge in [-0.05, 0) is 56.2 Å². The van der Waals surface area contributed by atoms with Gasteiger partial charge in [-0.15, -0.1) is 13.2 Å². The van der Waals surface area contributed by atoms with Crippen LogP contribution in [0.4, 0.5) is 30.4 Å². The SMILES string of the molecule is CN1c2cc(OC(F)(F)F)ccc2NC1CCC1CC(NC[C@H]2C[C@@H](n3ccc4c(N)ncnc43)[C@H](O)[C@@H]2O)C1. The molecule has 3 aromatic rings. The van der Waals surface area contributed by atoms with Gasteiger partial charge in [0.25, 0.3) is 0 Å². The maximum atomic E-state index is 12.6. The molecule has 1 aliphatic heterocycles. The summed E-state index contributed by atoms with van der Waals surface area (Å²) in [6.45, 7) is 0.618. The molecule has 216 valence electrons. The third-order valence-electron chi connectivity index (χ3n) is 8.79. The lowest BCUT2D eigenvalue weighted by molar-refractivity contribution is -0.274. The molecule has 2 aromatic heterocycles. The zero-order valence-corrected chi connectivity index (χ0v) is 22.1. The minimum absolute atomic E-state index is 0.0144. The van der Waals surface area contributed by atoms with Crippen LogP contribution in [-0.4, -0.2) is 69.1 Å². The number of alkyl halides is 3. The van der Waals surface area contributed by atoms with E-state index in [9.17, 15) is 23.4 Å². The zero-order chi connectivity index (χ0) is 28.2. The van der Waals surface area contributed by atoms with E-state index in [1.165, 1.54) is 18.5 Å². The number of halogens is 3. The number of aromatic nitrogens is 3. The largest absolute Gasteiger partial charge is 0.573 e. The van der Waals surface area contributed by atoms with Gasteiger partial charge in [-0.1, -0.05) is 0 Å². The number of nitrogens with one attached hydrogen (secondary N) is 2. The van der Waals surface area contributed by atoms with Crippen LogP contribution in [-0.2, 0) is 0 Å². The van der Waals surface area contributed by atoms with Crippen LogP contribution < -0.4 is 26.0 Å². The summed E-state index contributed by atoms with van der Waals surface area (Å²) in [5, 5.41) is 29.2. The van der Waals surface area contributed by atoms with Gasteiger partial charge in [0.05, 0.1) is 35.1 Å². The highest BCUT2D eigenvalue weighted by Gasteiger charge is 2.43. The summed E-state index contributed by atoms with van der Waals surface area (Å²) in [5.41, 5.74) is 8.09. The molecule has 1 unspecified atom stereocenters. The maximum absolute atomic E-state index is 12.6. The molecule has 2 fully saturated rings. The van der Waals surface area contributed by atoms with Crippen LogP contribution in [0.25, 0.3) is 11.0 Å². The van der Waals surface area contributed by atoms with Crippen molar-refractivity contribution in [2.75, 3.05) is 29.5 Å². The van der Waals surface area contributed by atoms with Crippen molar-refractivity contribution < 1.29 is 28.1 Å². The fourth-order valence-electron chi connectivity index (χ4n) is 6.52. The molecule has 3 aliphatic rings. The monoisotopic (exact) mass is 561 g/mol. The van der Waals surface area contributed by atoms with E-state index in [0.717, 1.165) is 36.8 Å². The Hall–Kier alpha value is -3.29. The minimum atomic E-state index is -4.72. The van der Waals surface area contributed by atoms with Crippen LogP contribution in [0.15, 0.2) is 36.8 Å². The first-order chi connectivity index (χ1) is 19.1. The van der Waals surface area contributed by atoms with Gasteiger partial charge in [0, 0.05) is 37.8 Å². The number of benzene rings is 1. The van der Waals surface area contributed by atoms with Crippen molar-refractivity contribution in [3.8, 4) is 5.75 Å². The van der Waals surface area contributed by atoms with Gasteiger partial charge in [0.2, 0.25) is 0 Å². The number of nitrogen functional groups attached to an aromatic ring is 1. The van der Waals surface area contributed by atoms with Gasteiger partial charge in [0.1, 0.15) is 29.6 Å². The summed E-state index contributed by atoms with van der Waals surface area (Å²) in [7, 11) is 1.87. The highest BCUT2D eigenvalue weighted by Crippen LogP contribution is 2.41. The number of hydrogen-bond acceptors (Lipinski definition) is 9. The number of nitrogens with zero attached hydrogens (tertiary/aromatic N) is 4. The Morgan fingerprint density at radius 2 is 1.93 bits per heavy atom. The molecule has 10 nitrogen and oxygen atoms in total. The van der Waals surface area contributed by atoms with Crippen LogP contribution in [0.5, 0.6) is 5.75 Å². The molecule has 13 heteroatoms. The number of fused-ring (bicyclic) bond motifs is 2. The molecule has 6 N–H and O–H groups in total. The predicted octanol–water partition coefficient (Wildman–Crippen LogP) is 3.23. The predicted molar refractivity (Wildman–Crippen MR) is 144 cm³/mol. The van der Waals surface area contributed by atoms with Crippen molar-refractivity contribution >= 4 is 28.2 Å². The Labute approximate surface area is 229 Å². The van der Waals surface area contributed by atoms with E-state index in [4.69, 9.17) is 5.73 Å². The smallest absolute Gasteiger partial charge is 0.406 e. The Morgan fingerprint density at radius 3 is 2.70 bits per heavy atom. The number of aliphatic hydroxyl groups is 2. The molecule has 2 aliphatic carbocycles. The topological polar surface area (TPSA) is 134 Å². The third-order valence-corrected chi connectivity index (χ3v) is 8.79. The number of rotatable bonds is 8. The van der Waals surface area contributed by atoms with E-state index in [1.807, 2.05) is 28.8 Å². The number of nitrogens with two attached hydrogens (primary N) is 1. The Bertz CT molecular complexity index is 1360. The lowest BCUT2D eigenvalue weighted by Gasteiger charge is -2.38. The lowest BCUT2D eigenvalue weighted by Crippen LogP contribution is -2.45. The van der Waals surface area contributed by atoms with E-state index < -0.39 is 18.6 Å². The van der Waals surface area contributed by atoms with Crippen LogP contribution >= 0.6 is 0 Å². The van der Waals surface area contributed by atoms with Crippen molar-refractivity contribution in [1.82, 2.24) is 19.9 Å². The average Bonchev–Trinajstić information content (AvgIpc) is 3.52. The van der Waals surface area contributed by atoms with Crippen LogP contribution in [0, 0.1) is 11.8 Å². The quantitative estimate of drug-likeness (QED) is 0.281. The number of ether oxygens (including phenoxy) is 1. The van der Waals surface area contributed by atoms with Gasteiger partial charge in [-0.25, -0.2) is 9.97 Å². The van der Waals surface area contributed by atoms with Crippen LogP contribution in [0.2, 0.25) is 0 Å². The fourth-order valence-corrected chi connectivity index (χ4v) is 6.52. The van der Waals surface area contributed by atoms with Gasteiger partial charge in [-0.3, -0.25) is 0 Å².